The number of aromatic nitrogens is 1. The van der Waals surface area contributed by atoms with E-state index in [1.807, 2.05) is 18.4 Å². The summed E-state index contributed by atoms with van der Waals surface area (Å²) in [5.41, 5.74) is 1.18. The van der Waals surface area contributed by atoms with Crippen LogP contribution in [-0.4, -0.2) is 50.2 Å². The third-order valence-electron chi connectivity index (χ3n) is 3.62. The zero-order valence-corrected chi connectivity index (χ0v) is 12.7. The molecule has 5 heteroatoms. The summed E-state index contributed by atoms with van der Waals surface area (Å²) in [5, 5.41) is 4.41. The van der Waals surface area contributed by atoms with E-state index >= 15 is 0 Å². The van der Waals surface area contributed by atoms with Crippen LogP contribution in [0.4, 0.5) is 5.13 Å². The summed E-state index contributed by atoms with van der Waals surface area (Å²) in [7, 11) is 6.34. The van der Waals surface area contributed by atoms with Crippen molar-refractivity contribution in [1.82, 2.24) is 15.2 Å². The summed E-state index contributed by atoms with van der Waals surface area (Å²) in [4.78, 5) is 10.9. The first kappa shape index (κ1) is 13.8. The molecule has 0 aliphatic carbocycles. The van der Waals surface area contributed by atoms with Crippen LogP contribution in [0.25, 0.3) is 0 Å². The molecule has 18 heavy (non-hydrogen) atoms. The molecule has 0 saturated carbocycles. The number of thiazole rings is 1. The van der Waals surface area contributed by atoms with E-state index in [-0.39, 0.29) is 0 Å². The molecule has 0 bridgehead atoms. The number of hydrogen-bond donors (Lipinski definition) is 1. The normalized spacial score (nSPS) is 20.7. The molecule has 102 valence electrons. The fourth-order valence-electron chi connectivity index (χ4n) is 2.42. The highest BCUT2D eigenvalue weighted by Crippen LogP contribution is 2.28. The van der Waals surface area contributed by atoms with Gasteiger partial charge in [0.05, 0.1) is 5.69 Å². The van der Waals surface area contributed by atoms with Gasteiger partial charge in [-0.3, -0.25) is 0 Å². The van der Waals surface area contributed by atoms with Crippen LogP contribution in [0.15, 0.2) is 0 Å². The summed E-state index contributed by atoms with van der Waals surface area (Å²) in [6.07, 6.45) is 2.57. The second kappa shape index (κ2) is 5.99. The Labute approximate surface area is 114 Å². The molecule has 0 radical (unpaired) electrons. The third kappa shape index (κ3) is 3.02. The minimum absolute atomic E-state index is 0.663. The quantitative estimate of drug-likeness (QED) is 0.901. The van der Waals surface area contributed by atoms with Crippen molar-refractivity contribution < 1.29 is 0 Å². The van der Waals surface area contributed by atoms with Gasteiger partial charge in [0.2, 0.25) is 0 Å². The van der Waals surface area contributed by atoms with Gasteiger partial charge in [0.1, 0.15) is 0 Å². The fourth-order valence-corrected chi connectivity index (χ4v) is 3.53. The first-order valence-corrected chi connectivity index (χ1v) is 7.45. The molecule has 1 atom stereocenters. The molecule has 1 fully saturated rings. The van der Waals surface area contributed by atoms with E-state index < -0.39 is 0 Å². The molecule has 1 aromatic heterocycles. The summed E-state index contributed by atoms with van der Waals surface area (Å²) >= 11 is 1.84. The lowest BCUT2D eigenvalue weighted by atomic mass is 10.1. The molecule has 0 amide bonds. The zero-order valence-electron chi connectivity index (χ0n) is 11.9. The molecular weight excluding hydrogens is 244 g/mol. The fraction of sp³-hybridized carbons (Fsp3) is 0.769. The molecule has 0 aromatic carbocycles. The highest BCUT2D eigenvalue weighted by molar-refractivity contribution is 7.15. The van der Waals surface area contributed by atoms with E-state index in [4.69, 9.17) is 4.98 Å². The number of aryl methyl sites for hydroxylation is 1. The Hall–Kier alpha value is -0.650. The van der Waals surface area contributed by atoms with Crippen LogP contribution in [0.1, 0.15) is 23.4 Å². The van der Waals surface area contributed by atoms with E-state index in [1.54, 1.807) is 0 Å². The summed E-state index contributed by atoms with van der Waals surface area (Å²) in [6, 6.07) is 0.663. The van der Waals surface area contributed by atoms with E-state index in [1.165, 1.54) is 28.5 Å². The number of piperidine rings is 1. The SMILES string of the molecule is CNCc1sc(N2CCCC(N(C)C)C2)nc1C. The highest BCUT2D eigenvalue weighted by atomic mass is 32.1. The molecule has 1 N–H and O–H groups in total. The maximum absolute atomic E-state index is 4.73. The van der Waals surface area contributed by atoms with E-state index in [9.17, 15) is 0 Å². The minimum Gasteiger partial charge on any atom is -0.347 e. The number of hydrogen-bond acceptors (Lipinski definition) is 5. The standard InChI is InChI=1S/C13H24N4S/c1-10-12(8-14-2)18-13(15-10)17-7-5-6-11(9-17)16(3)4/h11,14H,5-9H2,1-4H3. The molecule has 4 nitrogen and oxygen atoms in total. The van der Waals surface area contributed by atoms with E-state index in [2.05, 4.69) is 36.1 Å². The second-order valence-corrected chi connectivity index (χ2v) is 6.30. The van der Waals surface area contributed by atoms with Crippen molar-refractivity contribution in [2.24, 2.45) is 0 Å². The first-order chi connectivity index (χ1) is 8.61. The third-order valence-corrected chi connectivity index (χ3v) is 4.83. The van der Waals surface area contributed by atoms with Crippen LogP contribution in [-0.2, 0) is 6.54 Å². The summed E-state index contributed by atoms with van der Waals surface area (Å²) in [6.45, 7) is 5.30. The van der Waals surface area contributed by atoms with Gasteiger partial charge in [-0.1, -0.05) is 0 Å². The van der Waals surface area contributed by atoms with Crippen molar-refractivity contribution in [1.29, 1.82) is 0 Å². The Morgan fingerprint density at radius 1 is 1.50 bits per heavy atom. The van der Waals surface area contributed by atoms with Crippen LogP contribution in [0.2, 0.25) is 0 Å². The van der Waals surface area contributed by atoms with Gasteiger partial charge in [-0.2, -0.15) is 0 Å². The first-order valence-electron chi connectivity index (χ1n) is 6.64. The van der Waals surface area contributed by atoms with Gasteiger partial charge in [0.25, 0.3) is 0 Å². The second-order valence-electron chi connectivity index (χ2n) is 5.24. The van der Waals surface area contributed by atoms with Crippen LogP contribution >= 0.6 is 11.3 Å². The van der Waals surface area contributed by atoms with Crippen LogP contribution < -0.4 is 10.2 Å². The predicted octanol–water partition coefficient (Wildman–Crippen LogP) is 1.70. The average Bonchev–Trinajstić information content (AvgIpc) is 2.72. The van der Waals surface area contributed by atoms with Gasteiger partial charge in [0.15, 0.2) is 5.13 Å². The van der Waals surface area contributed by atoms with Gasteiger partial charge >= 0.3 is 0 Å². The van der Waals surface area contributed by atoms with Crippen molar-refractivity contribution >= 4 is 16.5 Å². The lowest BCUT2D eigenvalue weighted by Crippen LogP contribution is -2.45. The zero-order chi connectivity index (χ0) is 13.1. The Morgan fingerprint density at radius 2 is 2.28 bits per heavy atom. The van der Waals surface area contributed by atoms with E-state index in [0.29, 0.717) is 6.04 Å². The predicted molar refractivity (Wildman–Crippen MR) is 78.5 cm³/mol. The Balaban J connectivity index is 2.08. The van der Waals surface area contributed by atoms with E-state index in [0.717, 1.165) is 19.6 Å². The molecule has 1 aliphatic heterocycles. The van der Waals surface area contributed by atoms with Crippen molar-refractivity contribution in [2.75, 3.05) is 39.1 Å². The van der Waals surface area contributed by atoms with Crippen molar-refractivity contribution in [3.63, 3.8) is 0 Å². The van der Waals surface area contributed by atoms with Crippen molar-refractivity contribution in [2.45, 2.75) is 32.4 Å². The van der Waals surface area contributed by atoms with Crippen LogP contribution in [0.5, 0.6) is 0 Å². The van der Waals surface area contributed by atoms with Gasteiger partial charge < -0.3 is 15.1 Å². The number of likely N-dealkylation sites (N-methyl/N-ethyl adjacent to an activating group) is 1. The molecular formula is C13H24N4S. The smallest absolute Gasteiger partial charge is 0.185 e. The Bertz CT molecular complexity index is 388. The molecule has 1 saturated heterocycles. The minimum atomic E-state index is 0.663. The summed E-state index contributed by atoms with van der Waals surface area (Å²) < 4.78 is 0. The average molecular weight is 268 g/mol. The molecule has 1 aromatic rings. The van der Waals surface area contributed by atoms with Gasteiger partial charge in [-0.15, -0.1) is 11.3 Å². The van der Waals surface area contributed by atoms with Gasteiger partial charge in [-0.25, -0.2) is 4.98 Å². The van der Waals surface area contributed by atoms with Crippen LogP contribution in [0.3, 0.4) is 0 Å². The molecule has 0 spiro atoms. The largest absolute Gasteiger partial charge is 0.347 e. The summed E-state index contributed by atoms with van der Waals surface area (Å²) in [5.74, 6) is 0. The maximum atomic E-state index is 4.73. The molecule has 2 heterocycles. The number of anilines is 1. The number of nitrogens with one attached hydrogen (secondary N) is 1. The number of rotatable bonds is 4. The highest BCUT2D eigenvalue weighted by Gasteiger charge is 2.23. The molecule has 1 unspecified atom stereocenters. The van der Waals surface area contributed by atoms with Gasteiger partial charge in [-0.05, 0) is 40.9 Å². The lowest BCUT2D eigenvalue weighted by molar-refractivity contribution is 0.258. The Kier molecular flexibility index (Phi) is 4.59. The monoisotopic (exact) mass is 268 g/mol. The van der Waals surface area contributed by atoms with Crippen molar-refractivity contribution in [3.05, 3.63) is 10.6 Å². The number of nitrogens with zero attached hydrogens (tertiary/aromatic N) is 3. The van der Waals surface area contributed by atoms with Crippen molar-refractivity contribution in [3.8, 4) is 0 Å². The Morgan fingerprint density at radius 3 is 2.94 bits per heavy atom. The maximum Gasteiger partial charge on any atom is 0.185 e. The lowest BCUT2D eigenvalue weighted by Gasteiger charge is -2.35. The molecule has 2 rings (SSSR count). The van der Waals surface area contributed by atoms with Gasteiger partial charge in [0, 0.05) is 30.6 Å². The topological polar surface area (TPSA) is 31.4 Å². The molecule has 1 aliphatic rings. The van der Waals surface area contributed by atoms with Crippen LogP contribution in [0, 0.1) is 6.92 Å².